The molecule has 1 aliphatic carbocycles. The summed E-state index contributed by atoms with van der Waals surface area (Å²) in [6.07, 6.45) is 0. The zero-order valence-corrected chi connectivity index (χ0v) is 33.5. The SMILES string of the molecule is CC1(C)c2ccccc2-c2cc(-c3ccc4oc5cccc(-c6nc(-c7ccc8c(c7)oc7ccccc78)nc(-c7cccc8sc9ccccc9c78)n6)c5c4c3)ccc21. The summed E-state index contributed by atoms with van der Waals surface area (Å²) in [7, 11) is 0. The highest BCUT2D eigenvalue weighted by atomic mass is 32.1. The van der Waals surface area contributed by atoms with Crippen molar-refractivity contribution in [2.24, 2.45) is 0 Å². The lowest BCUT2D eigenvalue weighted by Gasteiger charge is -2.21. The third-order valence-electron chi connectivity index (χ3n) is 12.6. The lowest BCUT2D eigenvalue weighted by atomic mass is 9.82. The van der Waals surface area contributed by atoms with Crippen molar-refractivity contribution in [3.05, 3.63) is 175 Å². The summed E-state index contributed by atoms with van der Waals surface area (Å²) < 4.78 is 15.3. The van der Waals surface area contributed by atoms with Crippen molar-refractivity contribution in [1.82, 2.24) is 15.0 Å². The molecule has 0 atom stereocenters. The standard InChI is InChI=1S/C54H33N3O2S/c1-54(2)41-16-6-3-11-33(41)39-27-30(22-25-42(39)54)31-23-26-44-40(28-31)49-37(14-9-18-45(49)58-44)52-55-51(32-21-24-35-34-12-4-7-17-43(34)59-46(35)29-32)56-53(57-52)38-15-10-20-48-50(38)36-13-5-8-19-47(36)60-48/h3-29H,1-2H3. The fraction of sp³-hybridized carbons (Fsp3) is 0.0556. The molecule has 0 spiro atoms. The molecule has 4 aromatic heterocycles. The Kier molecular flexibility index (Phi) is 6.88. The van der Waals surface area contributed by atoms with Crippen LogP contribution >= 0.6 is 11.3 Å². The van der Waals surface area contributed by atoms with Gasteiger partial charge < -0.3 is 8.83 Å². The second kappa shape index (κ2) is 12.3. The van der Waals surface area contributed by atoms with E-state index in [0.717, 1.165) is 77.1 Å². The van der Waals surface area contributed by atoms with E-state index < -0.39 is 0 Å². The molecule has 6 heteroatoms. The second-order valence-electron chi connectivity index (χ2n) is 16.3. The van der Waals surface area contributed by atoms with E-state index in [9.17, 15) is 0 Å². The number of furan rings is 2. The normalized spacial score (nSPS) is 13.3. The topological polar surface area (TPSA) is 65.0 Å². The predicted octanol–water partition coefficient (Wildman–Crippen LogP) is 15.0. The lowest BCUT2D eigenvalue weighted by Crippen LogP contribution is -2.14. The zero-order chi connectivity index (χ0) is 39.7. The Balaban J connectivity index is 1.03. The molecule has 0 fully saturated rings. The van der Waals surface area contributed by atoms with Crippen molar-refractivity contribution >= 4 is 75.4 Å². The maximum atomic E-state index is 6.57. The second-order valence-corrected chi connectivity index (χ2v) is 17.4. The van der Waals surface area contributed by atoms with E-state index in [0.29, 0.717) is 17.5 Å². The minimum atomic E-state index is -0.0494. The van der Waals surface area contributed by atoms with E-state index in [2.05, 4.69) is 147 Å². The Morgan fingerprint density at radius 2 is 0.983 bits per heavy atom. The van der Waals surface area contributed by atoms with Crippen LogP contribution in [0, 0.1) is 0 Å². The Bertz CT molecular complexity index is 3770. The molecule has 60 heavy (non-hydrogen) atoms. The molecule has 0 saturated heterocycles. The molecule has 13 rings (SSSR count). The number of thiophene rings is 1. The molecule has 0 amide bonds. The van der Waals surface area contributed by atoms with Crippen LogP contribution in [0.4, 0.5) is 0 Å². The smallest absolute Gasteiger partial charge is 0.164 e. The van der Waals surface area contributed by atoms with Crippen LogP contribution in [0.2, 0.25) is 0 Å². The fourth-order valence-electron chi connectivity index (χ4n) is 9.66. The number of aromatic nitrogens is 3. The van der Waals surface area contributed by atoms with E-state index in [1.165, 1.54) is 37.0 Å². The summed E-state index contributed by atoms with van der Waals surface area (Å²) in [5.74, 6) is 1.76. The lowest BCUT2D eigenvalue weighted by molar-refractivity contribution is 0.660. The first kappa shape index (κ1) is 33.6. The van der Waals surface area contributed by atoms with Crippen LogP contribution in [0.25, 0.3) is 120 Å². The average Bonchev–Trinajstić information content (AvgIpc) is 4.03. The van der Waals surface area contributed by atoms with Crippen molar-refractivity contribution in [1.29, 1.82) is 0 Å². The predicted molar refractivity (Wildman–Crippen MR) is 247 cm³/mol. The zero-order valence-electron chi connectivity index (χ0n) is 32.7. The molecule has 0 saturated carbocycles. The van der Waals surface area contributed by atoms with Crippen LogP contribution in [-0.4, -0.2) is 15.0 Å². The monoisotopic (exact) mass is 787 g/mol. The molecule has 0 unspecified atom stereocenters. The Morgan fingerprint density at radius 1 is 0.383 bits per heavy atom. The van der Waals surface area contributed by atoms with Gasteiger partial charge in [0.05, 0.1) is 0 Å². The summed E-state index contributed by atoms with van der Waals surface area (Å²) in [6, 6.07) is 57.7. The summed E-state index contributed by atoms with van der Waals surface area (Å²) >= 11 is 1.79. The van der Waals surface area contributed by atoms with Crippen molar-refractivity contribution in [3.8, 4) is 56.4 Å². The third-order valence-corrected chi connectivity index (χ3v) is 13.7. The van der Waals surface area contributed by atoms with Gasteiger partial charge in [0.25, 0.3) is 0 Å². The maximum absolute atomic E-state index is 6.57. The minimum Gasteiger partial charge on any atom is -0.456 e. The van der Waals surface area contributed by atoms with Crippen LogP contribution in [0.1, 0.15) is 25.0 Å². The third kappa shape index (κ3) is 4.82. The van der Waals surface area contributed by atoms with Gasteiger partial charge in [-0.15, -0.1) is 11.3 Å². The summed E-state index contributed by atoms with van der Waals surface area (Å²) in [6.45, 7) is 4.64. The number of hydrogen-bond donors (Lipinski definition) is 0. The van der Waals surface area contributed by atoms with Crippen molar-refractivity contribution in [3.63, 3.8) is 0 Å². The Hall–Kier alpha value is -7.41. The molecule has 12 aromatic rings. The number of nitrogens with zero attached hydrogens (tertiary/aromatic N) is 3. The van der Waals surface area contributed by atoms with Gasteiger partial charge in [-0.05, 0) is 88.0 Å². The molecule has 0 aliphatic heterocycles. The van der Waals surface area contributed by atoms with Crippen LogP contribution in [0.5, 0.6) is 0 Å². The summed E-state index contributed by atoms with van der Waals surface area (Å²) in [5, 5.41) is 6.45. The molecule has 1 aliphatic rings. The van der Waals surface area contributed by atoms with E-state index in [-0.39, 0.29) is 5.41 Å². The van der Waals surface area contributed by atoms with Gasteiger partial charge in [0.2, 0.25) is 0 Å². The highest BCUT2D eigenvalue weighted by Gasteiger charge is 2.35. The number of rotatable bonds is 4. The van der Waals surface area contributed by atoms with Gasteiger partial charge >= 0.3 is 0 Å². The fourth-order valence-corrected chi connectivity index (χ4v) is 10.8. The number of para-hydroxylation sites is 1. The Labute approximate surface area is 348 Å². The average molecular weight is 788 g/mol. The summed E-state index contributed by atoms with van der Waals surface area (Å²) in [5.41, 5.74) is 13.5. The van der Waals surface area contributed by atoms with E-state index >= 15 is 0 Å². The first-order valence-corrected chi connectivity index (χ1v) is 21.1. The number of fused-ring (bicyclic) bond motifs is 12. The number of benzene rings is 8. The molecule has 0 radical (unpaired) electrons. The van der Waals surface area contributed by atoms with Crippen molar-refractivity contribution in [2.75, 3.05) is 0 Å². The van der Waals surface area contributed by atoms with Gasteiger partial charge in [-0.1, -0.05) is 123 Å². The quantitative estimate of drug-likeness (QED) is 0.178. The van der Waals surface area contributed by atoms with E-state index in [1.807, 2.05) is 30.3 Å². The van der Waals surface area contributed by atoms with Crippen LogP contribution in [-0.2, 0) is 5.41 Å². The molecule has 0 N–H and O–H groups in total. The van der Waals surface area contributed by atoms with Gasteiger partial charge in [-0.3, -0.25) is 0 Å². The van der Waals surface area contributed by atoms with Crippen molar-refractivity contribution < 1.29 is 8.83 Å². The van der Waals surface area contributed by atoms with Gasteiger partial charge in [0, 0.05) is 63.8 Å². The van der Waals surface area contributed by atoms with Crippen LogP contribution < -0.4 is 0 Å². The molecular weight excluding hydrogens is 755 g/mol. The number of hydrogen-bond acceptors (Lipinski definition) is 6. The van der Waals surface area contributed by atoms with Gasteiger partial charge in [-0.25, -0.2) is 15.0 Å². The first-order chi connectivity index (χ1) is 29.5. The van der Waals surface area contributed by atoms with Crippen LogP contribution in [0.15, 0.2) is 173 Å². The van der Waals surface area contributed by atoms with Gasteiger partial charge in [0.15, 0.2) is 17.5 Å². The maximum Gasteiger partial charge on any atom is 0.164 e. The molecule has 8 aromatic carbocycles. The molecule has 282 valence electrons. The van der Waals surface area contributed by atoms with Crippen molar-refractivity contribution in [2.45, 2.75) is 19.3 Å². The van der Waals surface area contributed by atoms with Gasteiger partial charge in [-0.2, -0.15) is 0 Å². The highest BCUT2D eigenvalue weighted by molar-refractivity contribution is 7.25. The van der Waals surface area contributed by atoms with E-state index in [1.54, 1.807) is 11.3 Å². The van der Waals surface area contributed by atoms with E-state index in [4.69, 9.17) is 23.8 Å². The van der Waals surface area contributed by atoms with Crippen LogP contribution in [0.3, 0.4) is 0 Å². The largest absolute Gasteiger partial charge is 0.456 e. The molecular formula is C54H33N3O2S. The summed E-state index contributed by atoms with van der Waals surface area (Å²) in [4.78, 5) is 15.9. The molecule has 5 nitrogen and oxygen atoms in total. The Morgan fingerprint density at radius 3 is 1.88 bits per heavy atom. The highest BCUT2D eigenvalue weighted by Crippen LogP contribution is 2.50. The first-order valence-electron chi connectivity index (χ1n) is 20.3. The minimum absolute atomic E-state index is 0.0494. The molecule has 0 bridgehead atoms. The van der Waals surface area contributed by atoms with Gasteiger partial charge in [0.1, 0.15) is 22.3 Å². The molecule has 4 heterocycles.